The molecule has 3 aromatic rings. The number of aromatic nitrogens is 4. The molecule has 1 aliphatic carbocycles. The predicted octanol–water partition coefficient (Wildman–Crippen LogP) is 2.95. The second-order valence-electron chi connectivity index (χ2n) is 6.41. The summed E-state index contributed by atoms with van der Waals surface area (Å²) in [5.41, 5.74) is 3.22. The summed E-state index contributed by atoms with van der Waals surface area (Å²) in [4.78, 5) is 24.4. The maximum absolute atomic E-state index is 14.0. The van der Waals surface area contributed by atoms with Gasteiger partial charge >= 0.3 is 5.97 Å². The highest BCUT2D eigenvalue weighted by molar-refractivity contribution is 5.90. The molecule has 3 heterocycles. The molecule has 1 fully saturated rings. The molecule has 7 heteroatoms. The van der Waals surface area contributed by atoms with Crippen molar-refractivity contribution in [3.63, 3.8) is 0 Å². The Labute approximate surface area is 142 Å². The number of hydrogen-bond acceptors (Lipinski definition) is 4. The van der Waals surface area contributed by atoms with Gasteiger partial charge in [-0.1, -0.05) is 0 Å². The molecule has 25 heavy (non-hydrogen) atoms. The zero-order chi connectivity index (χ0) is 17.1. The van der Waals surface area contributed by atoms with Crippen molar-refractivity contribution in [1.82, 2.24) is 19.5 Å². The Bertz CT molecular complexity index is 1040. The third-order valence-electron chi connectivity index (χ3n) is 4.77. The fraction of sp³-hybridized carbons (Fsp3) is 0.222. The smallest absolute Gasteiger partial charge is 0.354 e. The van der Waals surface area contributed by atoms with Crippen LogP contribution in [0.1, 0.15) is 46.3 Å². The lowest BCUT2D eigenvalue weighted by Gasteiger charge is -2.13. The summed E-state index contributed by atoms with van der Waals surface area (Å²) in [6, 6.07) is 4.47. The summed E-state index contributed by atoms with van der Waals surface area (Å²) < 4.78 is 16.0. The van der Waals surface area contributed by atoms with Crippen LogP contribution in [0.2, 0.25) is 0 Å². The van der Waals surface area contributed by atoms with Gasteiger partial charge < -0.3 is 5.11 Å². The number of hydrogen-bond donors (Lipinski definition) is 1. The fourth-order valence-electron chi connectivity index (χ4n) is 3.50. The molecular weight excluding hydrogens is 323 g/mol. The van der Waals surface area contributed by atoms with Crippen molar-refractivity contribution in [3.05, 3.63) is 59.3 Å². The Kier molecular flexibility index (Phi) is 2.83. The van der Waals surface area contributed by atoms with Crippen LogP contribution in [0.15, 0.2) is 30.7 Å². The van der Waals surface area contributed by atoms with E-state index in [4.69, 9.17) is 0 Å². The van der Waals surface area contributed by atoms with Crippen molar-refractivity contribution in [1.29, 1.82) is 0 Å². The quantitative estimate of drug-likeness (QED) is 0.609. The first-order valence-corrected chi connectivity index (χ1v) is 8.07. The lowest BCUT2D eigenvalue weighted by Crippen LogP contribution is -2.09. The summed E-state index contributed by atoms with van der Waals surface area (Å²) in [6.07, 6.45) is 5.46. The van der Waals surface area contributed by atoms with Gasteiger partial charge in [-0.25, -0.2) is 24.1 Å². The summed E-state index contributed by atoms with van der Waals surface area (Å²) in [6.45, 7) is 0. The highest BCUT2D eigenvalue weighted by Gasteiger charge is 2.33. The minimum Gasteiger partial charge on any atom is -0.476 e. The van der Waals surface area contributed by atoms with Crippen molar-refractivity contribution < 1.29 is 14.3 Å². The van der Waals surface area contributed by atoms with Crippen molar-refractivity contribution in [2.75, 3.05) is 0 Å². The van der Waals surface area contributed by atoms with E-state index in [1.165, 1.54) is 18.5 Å². The minimum atomic E-state index is -1.10. The van der Waals surface area contributed by atoms with Crippen molar-refractivity contribution >= 4 is 5.97 Å². The van der Waals surface area contributed by atoms with E-state index in [2.05, 4.69) is 15.0 Å². The van der Waals surface area contributed by atoms with Crippen LogP contribution in [-0.4, -0.2) is 30.6 Å². The lowest BCUT2D eigenvalue weighted by molar-refractivity contribution is 0.0689. The lowest BCUT2D eigenvalue weighted by atomic mass is 10.0. The number of carboxylic acids is 1. The molecule has 0 unspecified atom stereocenters. The van der Waals surface area contributed by atoms with Crippen LogP contribution in [0.3, 0.4) is 0 Å². The summed E-state index contributed by atoms with van der Waals surface area (Å²) >= 11 is 0. The molecule has 2 aliphatic rings. The average Bonchev–Trinajstić information content (AvgIpc) is 3.37. The average molecular weight is 336 g/mol. The molecule has 1 N–H and O–H groups in total. The van der Waals surface area contributed by atoms with Gasteiger partial charge in [-0.05, 0) is 31.0 Å². The van der Waals surface area contributed by atoms with Crippen molar-refractivity contribution in [2.45, 2.75) is 25.2 Å². The number of carboxylic acid groups (broad SMARTS) is 1. The molecule has 1 saturated carbocycles. The van der Waals surface area contributed by atoms with E-state index in [9.17, 15) is 14.3 Å². The van der Waals surface area contributed by atoms with Gasteiger partial charge in [0, 0.05) is 35.4 Å². The summed E-state index contributed by atoms with van der Waals surface area (Å²) in [7, 11) is 0. The van der Waals surface area contributed by atoms with Gasteiger partial charge in [0.25, 0.3) is 0 Å². The Hall–Kier alpha value is -3.09. The van der Waals surface area contributed by atoms with Crippen molar-refractivity contribution in [2.24, 2.45) is 0 Å². The Morgan fingerprint density at radius 2 is 2.08 bits per heavy atom. The first kappa shape index (κ1) is 14.3. The number of fused-ring (bicyclic) bond motifs is 5. The van der Waals surface area contributed by atoms with Crippen molar-refractivity contribution in [3.8, 4) is 16.9 Å². The summed E-state index contributed by atoms with van der Waals surface area (Å²) in [5, 5.41) is 9.50. The van der Waals surface area contributed by atoms with E-state index in [1.54, 1.807) is 12.3 Å². The number of halogens is 1. The third kappa shape index (κ3) is 2.08. The maximum Gasteiger partial charge on any atom is 0.354 e. The molecule has 0 atom stereocenters. The van der Waals surface area contributed by atoms with Gasteiger partial charge in [-0.15, -0.1) is 0 Å². The van der Waals surface area contributed by atoms with E-state index in [0.717, 1.165) is 24.4 Å². The zero-order valence-corrected chi connectivity index (χ0v) is 13.1. The normalized spacial score (nSPS) is 15.1. The van der Waals surface area contributed by atoms with Crippen LogP contribution in [0.4, 0.5) is 4.39 Å². The number of imidazole rings is 1. The minimum absolute atomic E-state index is 0.0251. The fourth-order valence-corrected chi connectivity index (χ4v) is 3.50. The molecular formula is C18H13FN4O2. The van der Waals surface area contributed by atoms with E-state index in [-0.39, 0.29) is 11.5 Å². The first-order valence-electron chi connectivity index (χ1n) is 8.07. The molecule has 1 aromatic carbocycles. The number of benzene rings is 1. The number of rotatable bonds is 2. The number of aromatic carboxylic acids is 1. The largest absolute Gasteiger partial charge is 0.476 e. The Balaban J connectivity index is 1.87. The van der Waals surface area contributed by atoms with Crippen LogP contribution in [0.25, 0.3) is 16.9 Å². The molecule has 6 nitrogen and oxygen atoms in total. The molecule has 2 aromatic heterocycles. The van der Waals surface area contributed by atoms with E-state index < -0.39 is 5.97 Å². The molecule has 1 aliphatic heterocycles. The van der Waals surface area contributed by atoms with Gasteiger partial charge in [0.1, 0.15) is 18.0 Å². The van der Waals surface area contributed by atoms with Gasteiger partial charge in [-0.2, -0.15) is 0 Å². The molecule has 124 valence electrons. The number of carbonyl (C=O) groups is 1. The monoisotopic (exact) mass is 336 g/mol. The van der Waals surface area contributed by atoms with Gasteiger partial charge in [0.05, 0.1) is 11.4 Å². The van der Waals surface area contributed by atoms with E-state index in [1.807, 2.05) is 4.57 Å². The second kappa shape index (κ2) is 4.95. The zero-order valence-electron chi connectivity index (χ0n) is 13.1. The topological polar surface area (TPSA) is 80.9 Å². The highest BCUT2D eigenvalue weighted by atomic mass is 19.1. The van der Waals surface area contributed by atoms with E-state index >= 15 is 0 Å². The molecule has 0 amide bonds. The highest BCUT2D eigenvalue weighted by Crippen LogP contribution is 2.43. The SMILES string of the molecule is O=C(O)c1ncnc2c1Cc1cnc(C3CC3)n1-c1cc(F)ccc1-2. The standard InChI is InChI=1S/C18H13FN4O2/c19-10-3-4-12-14(5-10)23-11(7-20-17(23)9-1-2-9)6-13-15(12)21-8-22-16(13)18(24)25/h3-5,7-9H,1-2,6H2,(H,24,25). The van der Waals surface area contributed by atoms with Crippen LogP contribution < -0.4 is 0 Å². The van der Waals surface area contributed by atoms with Gasteiger partial charge in [0.15, 0.2) is 5.69 Å². The van der Waals surface area contributed by atoms with Crippen LogP contribution in [0.5, 0.6) is 0 Å². The second-order valence-corrected chi connectivity index (χ2v) is 6.41. The van der Waals surface area contributed by atoms with Crippen LogP contribution >= 0.6 is 0 Å². The maximum atomic E-state index is 14.0. The van der Waals surface area contributed by atoms with Crippen LogP contribution in [-0.2, 0) is 6.42 Å². The van der Waals surface area contributed by atoms with Crippen LogP contribution in [0, 0.1) is 5.82 Å². The Morgan fingerprint density at radius 3 is 2.84 bits per heavy atom. The molecule has 0 radical (unpaired) electrons. The van der Waals surface area contributed by atoms with Gasteiger partial charge in [-0.3, -0.25) is 4.57 Å². The molecule has 0 spiro atoms. The molecule has 0 saturated heterocycles. The first-order chi connectivity index (χ1) is 12.1. The summed E-state index contributed by atoms with van der Waals surface area (Å²) in [5.74, 6) is -0.176. The third-order valence-corrected chi connectivity index (χ3v) is 4.77. The van der Waals surface area contributed by atoms with Gasteiger partial charge in [0.2, 0.25) is 0 Å². The molecule has 0 bridgehead atoms. The van der Waals surface area contributed by atoms with E-state index in [0.29, 0.717) is 34.8 Å². The molecule has 5 rings (SSSR count). The number of nitrogens with zero attached hydrogens (tertiary/aromatic N) is 4. The Morgan fingerprint density at radius 1 is 1.24 bits per heavy atom. The predicted molar refractivity (Wildman–Crippen MR) is 86.3 cm³/mol.